The highest BCUT2D eigenvalue weighted by Crippen LogP contribution is 2.31. The molecule has 0 aliphatic rings. The Hall–Kier alpha value is -1.71. The van der Waals surface area contributed by atoms with Crippen LogP contribution >= 0.6 is 0 Å². The van der Waals surface area contributed by atoms with E-state index in [0.29, 0.717) is 5.75 Å². The molecule has 0 heterocycles. The molecule has 0 aromatic heterocycles. The van der Waals surface area contributed by atoms with E-state index in [1.807, 2.05) is 13.8 Å². The highest BCUT2D eigenvalue weighted by atomic mass is 16.5. The predicted octanol–water partition coefficient (Wildman–Crippen LogP) is 2.18. The van der Waals surface area contributed by atoms with Crippen LogP contribution in [0.1, 0.15) is 24.2 Å². The Bertz CT molecular complexity index is 358. The Morgan fingerprint density at radius 3 is 2.53 bits per heavy atom. The van der Waals surface area contributed by atoms with Crippen LogP contribution in [0.4, 0.5) is 0 Å². The fraction of sp³-hybridized carbons (Fsp3) is 0.364. The van der Waals surface area contributed by atoms with Gasteiger partial charge in [0.1, 0.15) is 5.56 Å². The molecule has 1 rings (SSSR count). The van der Waals surface area contributed by atoms with Crippen LogP contribution in [0.15, 0.2) is 18.2 Å². The molecule has 15 heavy (non-hydrogen) atoms. The molecule has 0 aliphatic heterocycles. The van der Waals surface area contributed by atoms with Crippen molar-refractivity contribution < 1.29 is 19.4 Å². The van der Waals surface area contributed by atoms with Crippen LogP contribution in [0.2, 0.25) is 0 Å². The van der Waals surface area contributed by atoms with Gasteiger partial charge >= 0.3 is 5.97 Å². The zero-order valence-electron chi connectivity index (χ0n) is 8.98. The van der Waals surface area contributed by atoms with Gasteiger partial charge in [0.2, 0.25) is 0 Å². The van der Waals surface area contributed by atoms with E-state index in [4.69, 9.17) is 14.6 Å². The van der Waals surface area contributed by atoms with Crippen molar-refractivity contribution in [2.24, 2.45) is 0 Å². The number of ether oxygens (including phenoxy) is 2. The molecule has 1 N–H and O–H groups in total. The van der Waals surface area contributed by atoms with E-state index >= 15 is 0 Å². The number of benzene rings is 1. The van der Waals surface area contributed by atoms with Crippen molar-refractivity contribution in [1.82, 2.24) is 0 Å². The quantitative estimate of drug-likeness (QED) is 0.827. The normalized spacial score (nSPS) is 10.1. The summed E-state index contributed by atoms with van der Waals surface area (Å²) >= 11 is 0. The lowest BCUT2D eigenvalue weighted by molar-refractivity contribution is 0.0692. The van der Waals surface area contributed by atoms with Gasteiger partial charge < -0.3 is 14.6 Å². The summed E-state index contributed by atoms with van der Waals surface area (Å²) in [7, 11) is 1.43. The summed E-state index contributed by atoms with van der Waals surface area (Å²) in [5.41, 5.74) is 0.107. The van der Waals surface area contributed by atoms with E-state index in [2.05, 4.69) is 0 Å². The van der Waals surface area contributed by atoms with E-state index in [1.54, 1.807) is 12.1 Å². The molecule has 1 aromatic rings. The van der Waals surface area contributed by atoms with Crippen LogP contribution < -0.4 is 9.47 Å². The smallest absolute Gasteiger partial charge is 0.339 e. The number of hydrogen-bond acceptors (Lipinski definition) is 3. The molecule has 0 amide bonds. The summed E-state index contributed by atoms with van der Waals surface area (Å²) in [5.74, 6) is -0.313. The average Bonchev–Trinajstić information content (AvgIpc) is 2.16. The van der Waals surface area contributed by atoms with E-state index < -0.39 is 5.97 Å². The first-order chi connectivity index (χ1) is 7.06. The monoisotopic (exact) mass is 210 g/mol. The van der Waals surface area contributed by atoms with Gasteiger partial charge in [0.25, 0.3) is 0 Å². The third-order valence-electron chi connectivity index (χ3n) is 1.78. The van der Waals surface area contributed by atoms with Crippen molar-refractivity contribution in [2.45, 2.75) is 20.0 Å². The first-order valence-electron chi connectivity index (χ1n) is 4.63. The number of para-hydroxylation sites is 1. The number of methoxy groups -OCH3 is 1. The highest BCUT2D eigenvalue weighted by molar-refractivity contribution is 5.92. The fourth-order valence-corrected chi connectivity index (χ4v) is 1.24. The lowest BCUT2D eigenvalue weighted by Gasteiger charge is -2.14. The summed E-state index contributed by atoms with van der Waals surface area (Å²) in [5, 5.41) is 8.92. The van der Waals surface area contributed by atoms with Gasteiger partial charge in [-0.1, -0.05) is 6.07 Å². The zero-order chi connectivity index (χ0) is 11.4. The fourth-order valence-electron chi connectivity index (χ4n) is 1.24. The molecule has 0 bridgehead atoms. The second kappa shape index (κ2) is 4.68. The molecular weight excluding hydrogens is 196 g/mol. The van der Waals surface area contributed by atoms with E-state index in [1.165, 1.54) is 13.2 Å². The van der Waals surface area contributed by atoms with Crippen molar-refractivity contribution in [2.75, 3.05) is 7.11 Å². The largest absolute Gasteiger partial charge is 0.492 e. The van der Waals surface area contributed by atoms with Crippen LogP contribution in [-0.4, -0.2) is 24.3 Å². The van der Waals surface area contributed by atoms with Gasteiger partial charge in [-0.25, -0.2) is 4.79 Å². The van der Waals surface area contributed by atoms with Crippen molar-refractivity contribution in [3.8, 4) is 11.5 Å². The SMILES string of the molecule is COc1c(OC(C)C)cccc1C(=O)O. The van der Waals surface area contributed by atoms with Gasteiger partial charge in [-0.3, -0.25) is 0 Å². The molecule has 1 aromatic carbocycles. The summed E-state index contributed by atoms with van der Waals surface area (Å²) in [6.07, 6.45) is -0.0251. The van der Waals surface area contributed by atoms with E-state index in [-0.39, 0.29) is 17.4 Å². The maximum Gasteiger partial charge on any atom is 0.339 e. The molecule has 4 nitrogen and oxygen atoms in total. The number of rotatable bonds is 4. The molecule has 4 heteroatoms. The number of carbonyl (C=O) groups is 1. The minimum absolute atomic E-state index is 0.0251. The van der Waals surface area contributed by atoms with Crippen LogP contribution in [0.5, 0.6) is 11.5 Å². The van der Waals surface area contributed by atoms with Gasteiger partial charge in [-0.15, -0.1) is 0 Å². The van der Waals surface area contributed by atoms with E-state index in [0.717, 1.165) is 0 Å². The lowest BCUT2D eigenvalue weighted by atomic mass is 10.2. The van der Waals surface area contributed by atoms with Crippen molar-refractivity contribution >= 4 is 5.97 Å². The molecule has 0 aliphatic carbocycles. The molecule has 0 fully saturated rings. The first-order valence-corrected chi connectivity index (χ1v) is 4.63. The highest BCUT2D eigenvalue weighted by Gasteiger charge is 2.16. The van der Waals surface area contributed by atoms with Gasteiger partial charge in [-0.05, 0) is 26.0 Å². The Balaban J connectivity index is 3.16. The molecule has 0 spiro atoms. The van der Waals surface area contributed by atoms with Crippen molar-refractivity contribution in [3.05, 3.63) is 23.8 Å². The molecule has 0 radical (unpaired) electrons. The minimum atomic E-state index is -1.03. The molecule has 82 valence electrons. The van der Waals surface area contributed by atoms with Crippen LogP contribution in [0, 0.1) is 0 Å². The van der Waals surface area contributed by atoms with Gasteiger partial charge in [0, 0.05) is 0 Å². The van der Waals surface area contributed by atoms with Gasteiger partial charge in [-0.2, -0.15) is 0 Å². The number of aromatic carboxylic acids is 1. The Morgan fingerprint density at radius 1 is 1.40 bits per heavy atom. The number of carboxylic acids is 1. The Kier molecular flexibility index (Phi) is 3.55. The van der Waals surface area contributed by atoms with Crippen molar-refractivity contribution in [3.63, 3.8) is 0 Å². The summed E-state index contributed by atoms with van der Waals surface area (Å²) in [4.78, 5) is 10.9. The Labute approximate surface area is 88.4 Å². The molecule has 0 saturated heterocycles. The predicted molar refractivity (Wildman–Crippen MR) is 55.7 cm³/mol. The molecular formula is C11H14O4. The van der Waals surface area contributed by atoms with E-state index in [9.17, 15) is 4.79 Å². The molecule has 0 unspecified atom stereocenters. The Morgan fingerprint density at radius 2 is 2.07 bits per heavy atom. The van der Waals surface area contributed by atoms with Crippen LogP contribution in [0.3, 0.4) is 0 Å². The summed E-state index contributed by atoms with van der Waals surface area (Å²) < 4.78 is 10.5. The first kappa shape index (κ1) is 11.4. The van der Waals surface area contributed by atoms with Crippen LogP contribution in [-0.2, 0) is 0 Å². The molecule has 0 saturated carbocycles. The third-order valence-corrected chi connectivity index (χ3v) is 1.78. The van der Waals surface area contributed by atoms with Gasteiger partial charge in [0.05, 0.1) is 13.2 Å². The summed E-state index contributed by atoms with van der Waals surface area (Å²) in [6.45, 7) is 3.74. The minimum Gasteiger partial charge on any atom is -0.492 e. The second-order valence-electron chi connectivity index (χ2n) is 3.31. The van der Waals surface area contributed by atoms with Crippen molar-refractivity contribution in [1.29, 1.82) is 0 Å². The zero-order valence-corrected chi connectivity index (χ0v) is 8.98. The number of carboxylic acid groups (broad SMARTS) is 1. The van der Waals surface area contributed by atoms with Gasteiger partial charge in [0.15, 0.2) is 11.5 Å². The average molecular weight is 210 g/mol. The standard InChI is InChI=1S/C11H14O4/c1-7(2)15-9-6-4-5-8(11(12)13)10(9)14-3/h4-7H,1-3H3,(H,12,13). The van der Waals surface area contributed by atoms with Crippen LogP contribution in [0.25, 0.3) is 0 Å². The maximum atomic E-state index is 10.9. The molecule has 0 atom stereocenters. The maximum absolute atomic E-state index is 10.9. The third kappa shape index (κ3) is 2.62. The number of hydrogen-bond donors (Lipinski definition) is 1. The topological polar surface area (TPSA) is 55.8 Å². The summed E-state index contributed by atoms with van der Waals surface area (Å²) in [6, 6.07) is 4.79. The lowest BCUT2D eigenvalue weighted by Crippen LogP contribution is -2.09. The second-order valence-corrected chi connectivity index (χ2v) is 3.31.